The molecule has 1 aromatic rings. The summed E-state index contributed by atoms with van der Waals surface area (Å²) in [4.78, 5) is 10.6. The highest BCUT2D eigenvalue weighted by Gasteiger charge is 2.29. The molecular weight excluding hydrogens is 206 g/mol. The number of fused-ring (bicyclic) bond motifs is 1. The van der Waals surface area contributed by atoms with Crippen molar-refractivity contribution >= 4 is 5.97 Å². The van der Waals surface area contributed by atoms with Crippen molar-refractivity contribution in [2.45, 2.75) is 12.8 Å². The first-order valence-corrected chi connectivity index (χ1v) is 4.40. The predicted molar refractivity (Wildman–Crippen MR) is 47.2 cm³/mol. The Labute approximate surface area is 84.3 Å². The first-order valence-electron chi connectivity index (χ1n) is 4.40. The molecule has 1 aromatic carbocycles. The number of carbonyl (C=O) groups is 1. The molecule has 5 heteroatoms. The average Bonchev–Trinajstić information content (AvgIpc) is 2.53. The van der Waals surface area contributed by atoms with Crippen molar-refractivity contribution in [2.75, 3.05) is 6.61 Å². The summed E-state index contributed by atoms with van der Waals surface area (Å²) in [6.07, 6.45) is 0. The Balaban J connectivity index is 2.68. The van der Waals surface area contributed by atoms with E-state index >= 15 is 0 Å². The third-order valence-electron chi connectivity index (χ3n) is 2.43. The Morgan fingerprint density at radius 3 is 2.80 bits per heavy atom. The second kappa shape index (κ2) is 3.18. The number of benzene rings is 1. The Morgan fingerprint density at radius 2 is 2.20 bits per heavy atom. The lowest BCUT2D eigenvalue weighted by Crippen LogP contribution is -2.04. The van der Waals surface area contributed by atoms with Crippen LogP contribution in [0.25, 0.3) is 0 Å². The largest absolute Gasteiger partial charge is 0.489 e. The van der Waals surface area contributed by atoms with Crippen molar-refractivity contribution in [1.29, 1.82) is 0 Å². The summed E-state index contributed by atoms with van der Waals surface area (Å²) >= 11 is 0. The van der Waals surface area contributed by atoms with Crippen LogP contribution in [0.1, 0.15) is 28.8 Å². The standard InChI is InChI=1S/C10H8F2O3/c1-4-3-15-9-5(4)2-6(10(13)14)7(11)8(9)12/h2,4H,3H2,1H3,(H,13,14). The smallest absolute Gasteiger partial charge is 0.338 e. The van der Waals surface area contributed by atoms with E-state index in [1.165, 1.54) is 0 Å². The topological polar surface area (TPSA) is 46.5 Å². The van der Waals surface area contributed by atoms with Gasteiger partial charge in [0.2, 0.25) is 5.82 Å². The monoisotopic (exact) mass is 214 g/mol. The second-order valence-corrected chi connectivity index (χ2v) is 3.49. The van der Waals surface area contributed by atoms with Gasteiger partial charge in [-0.2, -0.15) is 4.39 Å². The van der Waals surface area contributed by atoms with Crippen LogP contribution < -0.4 is 4.74 Å². The minimum absolute atomic E-state index is 0.117. The molecule has 2 rings (SSSR count). The Morgan fingerprint density at radius 1 is 1.53 bits per heavy atom. The Hall–Kier alpha value is -1.65. The van der Waals surface area contributed by atoms with Gasteiger partial charge in [-0.1, -0.05) is 6.92 Å². The normalized spacial score (nSPS) is 18.5. The van der Waals surface area contributed by atoms with Crippen LogP contribution in [-0.2, 0) is 0 Å². The summed E-state index contributed by atoms with van der Waals surface area (Å²) in [5.74, 6) is -4.34. The van der Waals surface area contributed by atoms with Crippen molar-refractivity contribution in [2.24, 2.45) is 0 Å². The number of carboxylic acids is 1. The maximum absolute atomic E-state index is 13.3. The number of ether oxygens (including phenoxy) is 1. The molecule has 0 amide bonds. The molecule has 0 spiro atoms. The summed E-state index contributed by atoms with van der Waals surface area (Å²) in [7, 11) is 0. The number of hydrogen-bond acceptors (Lipinski definition) is 2. The van der Waals surface area contributed by atoms with E-state index in [1.807, 2.05) is 0 Å². The molecule has 15 heavy (non-hydrogen) atoms. The van der Waals surface area contributed by atoms with Crippen LogP contribution in [0.4, 0.5) is 8.78 Å². The summed E-state index contributed by atoms with van der Waals surface area (Å²) in [5, 5.41) is 8.66. The molecule has 1 N–H and O–H groups in total. The molecule has 1 unspecified atom stereocenters. The van der Waals surface area contributed by atoms with Crippen molar-refractivity contribution in [3.63, 3.8) is 0 Å². The van der Waals surface area contributed by atoms with Crippen LogP contribution in [-0.4, -0.2) is 17.7 Å². The lowest BCUT2D eigenvalue weighted by atomic mass is 10.0. The van der Waals surface area contributed by atoms with E-state index in [2.05, 4.69) is 0 Å². The van der Waals surface area contributed by atoms with Crippen LogP contribution >= 0.6 is 0 Å². The molecule has 1 aliphatic rings. The first kappa shape index (κ1) is 9.89. The lowest BCUT2D eigenvalue weighted by Gasteiger charge is -2.05. The molecule has 0 bridgehead atoms. The van der Waals surface area contributed by atoms with E-state index in [4.69, 9.17) is 9.84 Å². The van der Waals surface area contributed by atoms with E-state index < -0.39 is 23.2 Å². The first-order chi connectivity index (χ1) is 7.02. The van der Waals surface area contributed by atoms with E-state index in [1.54, 1.807) is 6.92 Å². The maximum atomic E-state index is 13.3. The zero-order valence-corrected chi connectivity index (χ0v) is 7.88. The van der Waals surface area contributed by atoms with E-state index in [-0.39, 0.29) is 18.3 Å². The van der Waals surface area contributed by atoms with Crippen molar-refractivity contribution < 1.29 is 23.4 Å². The van der Waals surface area contributed by atoms with Crippen LogP contribution in [0.2, 0.25) is 0 Å². The van der Waals surface area contributed by atoms with E-state index in [0.717, 1.165) is 6.07 Å². The van der Waals surface area contributed by atoms with Gasteiger partial charge in [-0.3, -0.25) is 0 Å². The van der Waals surface area contributed by atoms with Gasteiger partial charge in [-0.25, -0.2) is 9.18 Å². The molecule has 0 saturated carbocycles. The zero-order valence-electron chi connectivity index (χ0n) is 7.88. The third-order valence-corrected chi connectivity index (χ3v) is 2.43. The molecule has 3 nitrogen and oxygen atoms in total. The van der Waals surface area contributed by atoms with Gasteiger partial charge in [0, 0.05) is 11.5 Å². The average molecular weight is 214 g/mol. The summed E-state index contributed by atoms with van der Waals surface area (Å²) < 4.78 is 31.5. The Kier molecular flexibility index (Phi) is 2.10. The molecule has 1 atom stereocenters. The van der Waals surface area contributed by atoms with Crippen LogP contribution in [0, 0.1) is 11.6 Å². The molecule has 0 radical (unpaired) electrons. The molecule has 1 heterocycles. The van der Waals surface area contributed by atoms with Gasteiger partial charge in [0.1, 0.15) is 0 Å². The summed E-state index contributed by atoms with van der Waals surface area (Å²) in [6.45, 7) is 2.00. The van der Waals surface area contributed by atoms with Crippen molar-refractivity contribution in [3.8, 4) is 5.75 Å². The number of carboxylic acid groups (broad SMARTS) is 1. The summed E-state index contributed by atoms with van der Waals surface area (Å²) in [6, 6.07) is 1.13. The molecule has 0 aliphatic carbocycles. The van der Waals surface area contributed by atoms with Crippen molar-refractivity contribution in [3.05, 3.63) is 28.8 Å². The highest BCUT2D eigenvalue weighted by molar-refractivity contribution is 5.88. The number of rotatable bonds is 1. The van der Waals surface area contributed by atoms with Gasteiger partial charge in [0.25, 0.3) is 0 Å². The van der Waals surface area contributed by atoms with E-state index in [0.29, 0.717) is 5.56 Å². The lowest BCUT2D eigenvalue weighted by molar-refractivity contribution is 0.0690. The minimum Gasteiger partial charge on any atom is -0.489 e. The minimum atomic E-state index is -1.48. The molecule has 80 valence electrons. The van der Waals surface area contributed by atoms with Crippen LogP contribution in [0.3, 0.4) is 0 Å². The molecule has 0 saturated heterocycles. The third kappa shape index (κ3) is 1.35. The molecular formula is C10H8F2O3. The fraction of sp³-hybridized carbons (Fsp3) is 0.300. The van der Waals surface area contributed by atoms with Crippen LogP contribution in [0.15, 0.2) is 6.07 Å². The molecule has 0 fully saturated rings. The second-order valence-electron chi connectivity index (χ2n) is 3.49. The number of hydrogen-bond donors (Lipinski definition) is 1. The van der Waals surface area contributed by atoms with Gasteiger partial charge < -0.3 is 9.84 Å². The SMILES string of the molecule is CC1COc2c1cc(C(=O)O)c(F)c2F. The molecule has 0 aromatic heterocycles. The fourth-order valence-corrected chi connectivity index (χ4v) is 1.60. The summed E-state index contributed by atoms with van der Waals surface area (Å²) in [5.41, 5.74) is -0.241. The highest BCUT2D eigenvalue weighted by atomic mass is 19.2. The number of halogens is 2. The van der Waals surface area contributed by atoms with E-state index in [9.17, 15) is 13.6 Å². The van der Waals surface area contributed by atoms with Crippen LogP contribution in [0.5, 0.6) is 5.75 Å². The fourth-order valence-electron chi connectivity index (χ4n) is 1.60. The quantitative estimate of drug-likeness (QED) is 0.779. The van der Waals surface area contributed by atoms with Crippen molar-refractivity contribution in [1.82, 2.24) is 0 Å². The van der Waals surface area contributed by atoms with Gasteiger partial charge in [0.05, 0.1) is 12.2 Å². The zero-order chi connectivity index (χ0) is 11.2. The van der Waals surface area contributed by atoms with Gasteiger partial charge in [-0.15, -0.1) is 0 Å². The maximum Gasteiger partial charge on any atom is 0.338 e. The molecule has 1 aliphatic heterocycles. The predicted octanol–water partition coefficient (Wildman–Crippen LogP) is 2.16. The highest BCUT2D eigenvalue weighted by Crippen LogP contribution is 2.38. The van der Waals surface area contributed by atoms with Gasteiger partial charge in [0.15, 0.2) is 11.6 Å². The van der Waals surface area contributed by atoms with Gasteiger partial charge >= 0.3 is 5.97 Å². The number of aromatic carboxylic acids is 1. The Bertz CT molecular complexity index is 443. The van der Waals surface area contributed by atoms with Gasteiger partial charge in [-0.05, 0) is 6.07 Å².